The zero-order chi connectivity index (χ0) is 28.8. The van der Waals surface area contributed by atoms with Gasteiger partial charge in [-0.1, -0.05) is 78.0 Å². The van der Waals surface area contributed by atoms with Crippen LogP contribution in [0.15, 0.2) is 54.4 Å². The monoisotopic (exact) mass is 523 g/mol. The molecule has 2 amide bonds. The van der Waals surface area contributed by atoms with E-state index >= 15 is 0 Å². The zero-order valence-corrected chi connectivity index (χ0v) is 24.5. The average Bonchev–Trinajstić information content (AvgIpc) is 3.41. The Morgan fingerprint density at radius 1 is 1.05 bits per heavy atom. The van der Waals surface area contributed by atoms with E-state index in [1.54, 1.807) is 39.0 Å². The number of hydrogen-bond donors (Lipinski definition) is 3. The van der Waals surface area contributed by atoms with Crippen molar-refractivity contribution >= 4 is 17.6 Å². The lowest BCUT2D eigenvalue weighted by molar-refractivity contribution is -0.144. The molecule has 0 unspecified atom stereocenters. The third kappa shape index (κ3) is 6.59. The van der Waals surface area contributed by atoms with Crippen LogP contribution in [-0.4, -0.2) is 64.2 Å². The normalized spacial score (nSPS) is 15.6. The molecule has 2 aromatic rings. The van der Waals surface area contributed by atoms with Crippen LogP contribution in [0.2, 0.25) is 0 Å². The van der Waals surface area contributed by atoms with E-state index < -0.39 is 17.0 Å². The van der Waals surface area contributed by atoms with Gasteiger partial charge in [0, 0.05) is 24.9 Å². The second kappa shape index (κ2) is 12.5. The third-order valence-electron chi connectivity index (χ3n) is 7.72. The van der Waals surface area contributed by atoms with Crippen molar-refractivity contribution in [3.8, 4) is 0 Å². The number of rotatable bonds is 12. The molecule has 0 fully saturated rings. The second-order valence-electron chi connectivity index (χ2n) is 11.4. The molecule has 8 heteroatoms. The summed E-state index contributed by atoms with van der Waals surface area (Å²) in [5.41, 5.74) is -0.188. The molecule has 1 aromatic heterocycles. The molecule has 8 nitrogen and oxygen atoms in total. The number of carbonyl (C=O) groups is 3. The van der Waals surface area contributed by atoms with Crippen molar-refractivity contribution in [3.63, 3.8) is 0 Å². The van der Waals surface area contributed by atoms with Crippen molar-refractivity contribution in [3.05, 3.63) is 65.8 Å². The van der Waals surface area contributed by atoms with Crippen LogP contribution in [-0.2, 0) is 15.0 Å². The highest BCUT2D eigenvalue weighted by molar-refractivity contribution is 6.05. The Kier molecular flexibility index (Phi) is 10.2. The van der Waals surface area contributed by atoms with Crippen LogP contribution in [0.3, 0.4) is 0 Å². The first kappa shape index (κ1) is 31.0. The molecular weight excluding hydrogens is 478 g/mol. The number of ketones is 1. The number of nitrogens with zero attached hydrogens (tertiary/aromatic N) is 2. The van der Waals surface area contributed by atoms with Crippen molar-refractivity contribution < 1.29 is 14.4 Å². The SMILES string of the molecule is CN[C@H](C(=O)N[C@](C)(C(=O)N(C)[C@H](C=C(C)C(=O)c1ncc[nH]1)C(C)C)C(C)C)C(C)(C)c1ccccc1. The number of imidazole rings is 1. The molecule has 0 spiro atoms. The molecule has 0 aliphatic heterocycles. The summed E-state index contributed by atoms with van der Waals surface area (Å²) in [6, 6.07) is 8.93. The molecule has 0 aliphatic rings. The molecule has 0 bridgehead atoms. The lowest BCUT2D eigenvalue weighted by atomic mass is 9.76. The number of nitrogens with one attached hydrogen (secondary N) is 3. The number of benzene rings is 1. The van der Waals surface area contributed by atoms with E-state index in [0.717, 1.165) is 5.56 Å². The molecule has 3 atom stereocenters. The number of aromatic nitrogens is 2. The summed E-state index contributed by atoms with van der Waals surface area (Å²) in [6.07, 6.45) is 4.94. The first-order valence-corrected chi connectivity index (χ1v) is 13.2. The Balaban J connectivity index is 2.36. The molecule has 0 saturated heterocycles. The first-order chi connectivity index (χ1) is 17.7. The Bertz CT molecular complexity index is 1120. The van der Waals surface area contributed by atoms with E-state index in [9.17, 15) is 14.4 Å². The quantitative estimate of drug-likeness (QED) is 0.287. The molecule has 3 N–H and O–H groups in total. The fourth-order valence-corrected chi connectivity index (χ4v) is 4.79. The lowest BCUT2D eigenvalue weighted by Gasteiger charge is -2.42. The summed E-state index contributed by atoms with van der Waals surface area (Å²) in [5, 5.41) is 6.27. The molecular formula is C30H45N5O3. The summed E-state index contributed by atoms with van der Waals surface area (Å²) in [7, 11) is 3.48. The topological polar surface area (TPSA) is 107 Å². The van der Waals surface area contributed by atoms with Gasteiger partial charge in [0.25, 0.3) is 0 Å². The fraction of sp³-hybridized carbons (Fsp3) is 0.533. The number of allylic oxidation sites excluding steroid dienone is 1. The van der Waals surface area contributed by atoms with Gasteiger partial charge >= 0.3 is 0 Å². The Hall–Kier alpha value is -3.26. The minimum absolute atomic E-state index is 0.0254. The molecule has 1 heterocycles. The lowest BCUT2D eigenvalue weighted by Crippen LogP contribution is -2.66. The first-order valence-electron chi connectivity index (χ1n) is 13.2. The summed E-state index contributed by atoms with van der Waals surface area (Å²) < 4.78 is 0. The second-order valence-corrected chi connectivity index (χ2v) is 11.4. The molecule has 0 aliphatic carbocycles. The number of likely N-dealkylation sites (N-methyl/N-ethyl adjacent to an activating group) is 2. The Morgan fingerprint density at radius 2 is 1.66 bits per heavy atom. The predicted molar refractivity (Wildman–Crippen MR) is 152 cm³/mol. The van der Waals surface area contributed by atoms with E-state index in [1.807, 2.05) is 78.0 Å². The summed E-state index contributed by atoms with van der Waals surface area (Å²) in [5.74, 6) is -0.601. The van der Waals surface area contributed by atoms with Crippen LogP contribution in [0, 0.1) is 11.8 Å². The molecule has 2 rings (SSSR count). The highest BCUT2D eigenvalue weighted by atomic mass is 16.2. The number of carbonyl (C=O) groups excluding carboxylic acids is 3. The summed E-state index contributed by atoms with van der Waals surface area (Å²) in [4.78, 5) is 49.1. The van der Waals surface area contributed by atoms with Crippen molar-refractivity contribution in [1.29, 1.82) is 0 Å². The third-order valence-corrected chi connectivity index (χ3v) is 7.72. The van der Waals surface area contributed by atoms with Crippen LogP contribution in [0.5, 0.6) is 0 Å². The minimum Gasteiger partial charge on any atom is -0.342 e. The molecule has 0 saturated carbocycles. The van der Waals surface area contributed by atoms with Gasteiger partial charge in [0.1, 0.15) is 5.54 Å². The Morgan fingerprint density at radius 3 is 2.13 bits per heavy atom. The van der Waals surface area contributed by atoms with Gasteiger partial charge in [0.05, 0.1) is 12.1 Å². The maximum atomic E-state index is 14.1. The van der Waals surface area contributed by atoms with Gasteiger partial charge in [-0.05, 0) is 43.9 Å². The summed E-state index contributed by atoms with van der Waals surface area (Å²) >= 11 is 0. The standard InChI is InChI=1S/C30H45N5O3/c1-19(2)23(18-21(5)24(36)26-32-16-17-33-26)35(10)28(38)30(8,20(3)4)34-27(37)25(31-9)29(6,7)22-14-12-11-13-15-22/h11-20,23,25,31H,1-10H3,(H,32,33)(H,34,37)/t23-,25-,30+/m1/s1. The summed E-state index contributed by atoms with van der Waals surface area (Å²) in [6.45, 7) is 15.4. The van der Waals surface area contributed by atoms with Crippen molar-refractivity contribution in [2.24, 2.45) is 11.8 Å². The zero-order valence-electron chi connectivity index (χ0n) is 24.5. The molecule has 0 radical (unpaired) electrons. The molecule has 1 aromatic carbocycles. The van der Waals surface area contributed by atoms with E-state index in [-0.39, 0.29) is 41.3 Å². The van der Waals surface area contributed by atoms with E-state index in [4.69, 9.17) is 0 Å². The van der Waals surface area contributed by atoms with Gasteiger partial charge in [-0.2, -0.15) is 0 Å². The van der Waals surface area contributed by atoms with Crippen LogP contribution < -0.4 is 10.6 Å². The number of amides is 2. The van der Waals surface area contributed by atoms with Crippen LogP contribution in [0.25, 0.3) is 0 Å². The predicted octanol–water partition coefficient (Wildman–Crippen LogP) is 4.12. The molecule has 38 heavy (non-hydrogen) atoms. The Labute approximate surface area is 227 Å². The largest absolute Gasteiger partial charge is 0.342 e. The van der Waals surface area contributed by atoms with E-state index in [2.05, 4.69) is 20.6 Å². The van der Waals surface area contributed by atoms with Gasteiger partial charge in [-0.15, -0.1) is 0 Å². The maximum absolute atomic E-state index is 14.1. The highest BCUT2D eigenvalue weighted by Gasteiger charge is 2.45. The van der Waals surface area contributed by atoms with Crippen molar-refractivity contribution in [1.82, 2.24) is 25.5 Å². The van der Waals surface area contributed by atoms with Gasteiger partial charge in [0.15, 0.2) is 5.82 Å². The minimum atomic E-state index is -1.17. The van der Waals surface area contributed by atoms with Crippen molar-refractivity contribution in [2.45, 2.75) is 78.4 Å². The highest BCUT2D eigenvalue weighted by Crippen LogP contribution is 2.29. The van der Waals surface area contributed by atoms with Gasteiger partial charge < -0.3 is 20.5 Å². The maximum Gasteiger partial charge on any atom is 0.248 e. The van der Waals surface area contributed by atoms with Crippen LogP contribution in [0.4, 0.5) is 0 Å². The average molecular weight is 524 g/mol. The number of H-pyrrole nitrogens is 1. The van der Waals surface area contributed by atoms with Gasteiger partial charge in [-0.3, -0.25) is 14.4 Å². The van der Waals surface area contributed by atoms with Gasteiger partial charge in [-0.25, -0.2) is 4.98 Å². The fourth-order valence-electron chi connectivity index (χ4n) is 4.79. The number of hydrogen-bond acceptors (Lipinski definition) is 5. The number of Topliss-reactive ketones (excluding diaryl/α,β-unsaturated/α-hetero) is 1. The number of aromatic amines is 1. The van der Waals surface area contributed by atoms with E-state index in [1.165, 1.54) is 6.20 Å². The van der Waals surface area contributed by atoms with E-state index in [0.29, 0.717) is 5.57 Å². The van der Waals surface area contributed by atoms with Crippen LogP contribution in [0.1, 0.15) is 71.6 Å². The molecule has 208 valence electrons. The van der Waals surface area contributed by atoms with Crippen molar-refractivity contribution in [2.75, 3.05) is 14.1 Å². The smallest absolute Gasteiger partial charge is 0.248 e. The van der Waals surface area contributed by atoms with Crippen LogP contribution >= 0.6 is 0 Å². The van der Waals surface area contributed by atoms with Gasteiger partial charge in [0.2, 0.25) is 17.6 Å².